The molecule has 7 nitrogen and oxygen atoms in total. The largest absolute Gasteiger partial charge is 0.507 e. The molecule has 37 heavy (non-hydrogen) atoms. The van der Waals surface area contributed by atoms with Gasteiger partial charge in [0.05, 0.1) is 19.2 Å². The Kier molecular flexibility index (Phi) is 9.92. The average Bonchev–Trinajstić information content (AvgIpc) is 2.87. The Hall–Kier alpha value is -3.13. The number of aromatic hydroxyl groups is 1. The summed E-state index contributed by atoms with van der Waals surface area (Å²) in [6.45, 7) is 8.36. The van der Waals surface area contributed by atoms with E-state index in [0.29, 0.717) is 23.0 Å². The van der Waals surface area contributed by atoms with Crippen molar-refractivity contribution in [3.63, 3.8) is 0 Å². The number of aliphatic imine (C=N–C) groups is 1. The van der Waals surface area contributed by atoms with Gasteiger partial charge in [0, 0.05) is 18.3 Å². The lowest BCUT2D eigenvalue weighted by molar-refractivity contribution is -0.125. The number of nitrogens with zero attached hydrogens (tertiary/aromatic N) is 1. The molecule has 1 aliphatic rings. The van der Waals surface area contributed by atoms with Crippen molar-refractivity contribution in [3.05, 3.63) is 59.2 Å². The molecule has 4 N–H and O–H groups in total. The number of benzene rings is 2. The van der Waals surface area contributed by atoms with Crippen molar-refractivity contribution in [3.8, 4) is 11.5 Å². The molecule has 1 aliphatic carbocycles. The fourth-order valence-corrected chi connectivity index (χ4v) is 4.80. The molecule has 1 saturated carbocycles. The van der Waals surface area contributed by atoms with Gasteiger partial charge < -0.3 is 25.8 Å². The maximum absolute atomic E-state index is 13.1. The Morgan fingerprint density at radius 3 is 2.59 bits per heavy atom. The van der Waals surface area contributed by atoms with Crippen molar-refractivity contribution >= 4 is 29.5 Å². The molecule has 0 bridgehead atoms. The minimum Gasteiger partial charge on any atom is -0.507 e. The smallest absolute Gasteiger partial charge is 0.243 e. The van der Waals surface area contributed by atoms with Gasteiger partial charge in [0.15, 0.2) is 5.11 Å². The van der Waals surface area contributed by atoms with Crippen LogP contribution in [0.4, 0.5) is 0 Å². The Morgan fingerprint density at radius 1 is 1.22 bits per heavy atom. The lowest BCUT2D eigenvalue weighted by Crippen LogP contribution is -2.58. The minimum absolute atomic E-state index is 0.000555. The summed E-state index contributed by atoms with van der Waals surface area (Å²) in [6.07, 6.45) is 5.72. The van der Waals surface area contributed by atoms with Crippen LogP contribution in [0.15, 0.2) is 47.5 Å². The van der Waals surface area contributed by atoms with Gasteiger partial charge in [0.1, 0.15) is 17.5 Å². The van der Waals surface area contributed by atoms with Crippen LogP contribution in [0.2, 0.25) is 0 Å². The second kappa shape index (κ2) is 12.9. The standard InChI is InChI=1S/C29H40N4O3S/c1-19-15-22(36-5)16-21(25(19)34)18-30-23-13-9-10-14-24(23)32-28(37)33-26(29(2,3)4)27(35)31-17-20-11-7-6-8-12-20/h6-8,11-12,15-16,18,23-24,26,34H,9-10,13-14,17H2,1-5H3,(H,31,35)(H2,32,33,37)/t23?,24?,26-/m1/s1. The van der Waals surface area contributed by atoms with Crippen molar-refractivity contribution in [1.29, 1.82) is 0 Å². The van der Waals surface area contributed by atoms with Crippen LogP contribution in [0.1, 0.15) is 63.1 Å². The van der Waals surface area contributed by atoms with Gasteiger partial charge in [0.2, 0.25) is 5.91 Å². The topological polar surface area (TPSA) is 95.0 Å². The molecule has 200 valence electrons. The van der Waals surface area contributed by atoms with E-state index in [2.05, 4.69) is 16.0 Å². The number of methoxy groups -OCH3 is 1. The molecule has 2 unspecified atom stereocenters. The monoisotopic (exact) mass is 524 g/mol. The normalized spacial score (nSPS) is 18.7. The summed E-state index contributed by atoms with van der Waals surface area (Å²) in [5, 5.41) is 20.6. The van der Waals surface area contributed by atoms with Crippen LogP contribution >= 0.6 is 12.2 Å². The average molecular weight is 525 g/mol. The van der Waals surface area contributed by atoms with E-state index in [-0.39, 0.29) is 29.2 Å². The van der Waals surface area contributed by atoms with Crippen LogP contribution in [-0.4, -0.2) is 47.6 Å². The van der Waals surface area contributed by atoms with Crippen LogP contribution in [0.5, 0.6) is 11.5 Å². The van der Waals surface area contributed by atoms with E-state index in [1.54, 1.807) is 25.5 Å². The van der Waals surface area contributed by atoms with Crippen LogP contribution in [-0.2, 0) is 11.3 Å². The van der Waals surface area contributed by atoms with Gasteiger partial charge in [-0.05, 0) is 60.7 Å². The first kappa shape index (κ1) is 28.4. The number of rotatable bonds is 8. The first-order chi connectivity index (χ1) is 17.6. The number of nitrogens with one attached hydrogen (secondary N) is 3. The Balaban J connectivity index is 1.66. The van der Waals surface area contributed by atoms with E-state index in [1.165, 1.54) is 0 Å². The van der Waals surface area contributed by atoms with E-state index in [0.717, 1.165) is 36.8 Å². The fraction of sp³-hybridized carbons (Fsp3) is 0.483. The Morgan fingerprint density at radius 2 is 1.92 bits per heavy atom. The number of ether oxygens (including phenoxy) is 1. The van der Waals surface area contributed by atoms with Crippen molar-refractivity contribution < 1.29 is 14.6 Å². The highest BCUT2D eigenvalue weighted by atomic mass is 32.1. The van der Waals surface area contributed by atoms with Gasteiger partial charge in [-0.15, -0.1) is 0 Å². The lowest BCUT2D eigenvalue weighted by atomic mass is 9.86. The number of carbonyl (C=O) groups is 1. The fourth-order valence-electron chi connectivity index (χ4n) is 4.53. The quantitative estimate of drug-likeness (QED) is 0.297. The molecular formula is C29H40N4O3S. The predicted molar refractivity (Wildman–Crippen MR) is 153 cm³/mol. The SMILES string of the molecule is COc1cc(C)c(O)c(C=NC2CCCCC2NC(=S)N[C@H](C(=O)NCc2ccccc2)C(C)(C)C)c1. The molecular weight excluding hydrogens is 484 g/mol. The van der Waals surface area contributed by atoms with E-state index in [9.17, 15) is 9.90 Å². The molecule has 0 spiro atoms. The van der Waals surface area contributed by atoms with Gasteiger partial charge >= 0.3 is 0 Å². The summed E-state index contributed by atoms with van der Waals surface area (Å²) in [5.41, 5.74) is 2.07. The molecule has 1 amide bonds. The summed E-state index contributed by atoms with van der Waals surface area (Å²) >= 11 is 5.67. The highest BCUT2D eigenvalue weighted by Gasteiger charge is 2.33. The molecule has 8 heteroatoms. The number of amides is 1. The van der Waals surface area contributed by atoms with Crippen molar-refractivity contribution in [2.45, 2.75) is 78.0 Å². The number of phenolic OH excluding ortho intramolecular Hbond substituents is 1. The molecule has 0 radical (unpaired) electrons. The summed E-state index contributed by atoms with van der Waals surface area (Å²) in [4.78, 5) is 17.9. The van der Waals surface area contributed by atoms with Gasteiger partial charge in [-0.2, -0.15) is 0 Å². The summed E-state index contributed by atoms with van der Waals surface area (Å²) in [7, 11) is 1.61. The molecule has 2 aromatic rings. The number of aryl methyl sites for hydroxylation is 1. The van der Waals surface area contributed by atoms with Crippen molar-refractivity contribution in [1.82, 2.24) is 16.0 Å². The van der Waals surface area contributed by atoms with Crippen molar-refractivity contribution in [2.75, 3.05) is 7.11 Å². The predicted octanol–water partition coefficient (Wildman–Crippen LogP) is 4.63. The lowest BCUT2D eigenvalue weighted by Gasteiger charge is -2.34. The van der Waals surface area contributed by atoms with E-state index < -0.39 is 6.04 Å². The first-order valence-electron chi connectivity index (χ1n) is 12.9. The van der Waals surface area contributed by atoms with E-state index in [4.69, 9.17) is 21.9 Å². The third-order valence-electron chi connectivity index (χ3n) is 6.70. The molecule has 3 atom stereocenters. The van der Waals surface area contributed by atoms with Gasteiger partial charge in [-0.25, -0.2) is 0 Å². The van der Waals surface area contributed by atoms with Crippen LogP contribution in [0.25, 0.3) is 0 Å². The zero-order chi connectivity index (χ0) is 27.0. The maximum atomic E-state index is 13.1. The maximum Gasteiger partial charge on any atom is 0.243 e. The molecule has 3 rings (SSSR count). The Labute approximate surface area is 226 Å². The summed E-state index contributed by atoms with van der Waals surface area (Å²) < 4.78 is 5.34. The molecule has 0 heterocycles. The second-order valence-corrected chi connectivity index (χ2v) is 11.1. The molecule has 1 fully saturated rings. The number of carbonyl (C=O) groups excluding carboxylic acids is 1. The van der Waals surface area contributed by atoms with Crippen molar-refractivity contribution in [2.24, 2.45) is 10.4 Å². The van der Waals surface area contributed by atoms with Crippen LogP contribution < -0.4 is 20.7 Å². The van der Waals surface area contributed by atoms with Crippen LogP contribution in [0.3, 0.4) is 0 Å². The molecule has 2 aromatic carbocycles. The Bertz CT molecular complexity index is 1100. The highest BCUT2D eigenvalue weighted by Crippen LogP contribution is 2.28. The number of hydrogen-bond donors (Lipinski definition) is 4. The minimum atomic E-state index is -0.501. The molecule has 0 aliphatic heterocycles. The third-order valence-corrected chi connectivity index (χ3v) is 6.94. The number of hydrogen-bond acceptors (Lipinski definition) is 5. The zero-order valence-electron chi connectivity index (χ0n) is 22.5. The molecule has 0 saturated heterocycles. The van der Waals surface area contributed by atoms with E-state index in [1.807, 2.05) is 58.0 Å². The number of phenols is 1. The highest BCUT2D eigenvalue weighted by molar-refractivity contribution is 7.80. The second-order valence-electron chi connectivity index (χ2n) is 10.7. The number of thiocarbonyl (C=S) groups is 1. The van der Waals surface area contributed by atoms with E-state index >= 15 is 0 Å². The first-order valence-corrected chi connectivity index (χ1v) is 13.3. The third kappa shape index (κ3) is 8.18. The zero-order valence-corrected chi connectivity index (χ0v) is 23.3. The van der Waals surface area contributed by atoms with Crippen LogP contribution in [0, 0.1) is 12.3 Å². The van der Waals surface area contributed by atoms with Gasteiger partial charge in [-0.1, -0.05) is 63.9 Å². The summed E-state index contributed by atoms with van der Waals surface area (Å²) in [6, 6.07) is 13.0. The van der Waals surface area contributed by atoms with Gasteiger partial charge in [-0.3, -0.25) is 9.79 Å². The van der Waals surface area contributed by atoms with Gasteiger partial charge in [0.25, 0.3) is 0 Å². The summed E-state index contributed by atoms with van der Waals surface area (Å²) in [5.74, 6) is 0.790. The molecule has 0 aromatic heterocycles.